The average Bonchev–Trinajstić information content (AvgIpc) is 2.37. The predicted octanol–water partition coefficient (Wildman–Crippen LogP) is 3.25. The van der Waals surface area contributed by atoms with Gasteiger partial charge in [0.15, 0.2) is 0 Å². The molecule has 0 aromatic heterocycles. The number of amides is 1. The summed E-state index contributed by atoms with van der Waals surface area (Å²) in [7, 11) is 0. The molecule has 1 heterocycles. The lowest BCUT2D eigenvalue weighted by Gasteiger charge is -2.42. The van der Waals surface area contributed by atoms with Crippen LogP contribution in [0.25, 0.3) is 0 Å². The van der Waals surface area contributed by atoms with E-state index < -0.39 is 23.7 Å². The second-order valence-electron chi connectivity index (χ2n) is 5.49. The number of rotatable bonds is 3. The Balaban J connectivity index is 2.54. The second kappa shape index (κ2) is 6.02. The highest BCUT2D eigenvalue weighted by Crippen LogP contribution is 2.39. The minimum Gasteiger partial charge on any atom is -0.481 e. The number of halogens is 2. The van der Waals surface area contributed by atoms with Crippen molar-refractivity contribution in [2.24, 2.45) is 5.92 Å². The normalized spacial score (nSPS) is 22.7. The predicted molar refractivity (Wildman–Crippen MR) is 76.5 cm³/mol. The average molecular weight is 314 g/mol. The van der Waals surface area contributed by atoms with Crippen LogP contribution >= 0.6 is 11.6 Å². The lowest BCUT2D eigenvalue weighted by Crippen LogP contribution is -2.48. The summed E-state index contributed by atoms with van der Waals surface area (Å²) in [6.07, 6.45) is 0.380. The molecule has 0 bridgehead atoms. The number of hydrogen-bond donors (Lipinski definition) is 1. The summed E-state index contributed by atoms with van der Waals surface area (Å²) in [4.78, 5) is 25.1. The SMILES string of the molecule is CC(C)N1C(=O)CCC(C(=O)O)C1c1ccc(Cl)cc1F. The van der Waals surface area contributed by atoms with Gasteiger partial charge in [0.25, 0.3) is 0 Å². The first-order chi connectivity index (χ1) is 9.82. The van der Waals surface area contributed by atoms with Crippen molar-refractivity contribution in [1.82, 2.24) is 4.90 Å². The van der Waals surface area contributed by atoms with Crippen molar-refractivity contribution in [3.8, 4) is 0 Å². The van der Waals surface area contributed by atoms with Crippen LogP contribution in [0.15, 0.2) is 18.2 Å². The third-order valence-electron chi connectivity index (χ3n) is 3.79. The van der Waals surface area contributed by atoms with Crippen LogP contribution < -0.4 is 0 Å². The van der Waals surface area contributed by atoms with Crippen molar-refractivity contribution < 1.29 is 19.1 Å². The highest BCUT2D eigenvalue weighted by atomic mass is 35.5. The Labute approximate surface area is 127 Å². The van der Waals surface area contributed by atoms with Crippen LogP contribution in [-0.4, -0.2) is 27.9 Å². The molecule has 1 fully saturated rings. The Morgan fingerprint density at radius 1 is 1.48 bits per heavy atom. The first-order valence-corrected chi connectivity index (χ1v) is 7.19. The molecule has 0 saturated carbocycles. The van der Waals surface area contributed by atoms with E-state index in [4.69, 9.17) is 11.6 Å². The van der Waals surface area contributed by atoms with Crippen molar-refractivity contribution in [2.75, 3.05) is 0 Å². The highest BCUT2D eigenvalue weighted by Gasteiger charge is 2.42. The lowest BCUT2D eigenvalue weighted by atomic mass is 9.83. The lowest BCUT2D eigenvalue weighted by molar-refractivity contribution is -0.153. The molecular weight excluding hydrogens is 297 g/mol. The van der Waals surface area contributed by atoms with Gasteiger partial charge >= 0.3 is 5.97 Å². The summed E-state index contributed by atoms with van der Waals surface area (Å²) >= 11 is 5.75. The largest absolute Gasteiger partial charge is 0.481 e. The minimum atomic E-state index is -1.02. The number of likely N-dealkylation sites (tertiary alicyclic amines) is 1. The monoisotopic (exact) mass is 313 g/mol. The van der Waals surface area contributed by atoms with Crippen LogP contribution in [0.2, 0.25) is 5.02 Å². The number of carbonyl (C=O) groups is 2. The van der Waals surface area contributed by atoms with Crippen molar-refractivity contribution >= 4 is 23.5 Å². The Hall–Kier alpha value is -1.62. The van der Waals surface area contributed by atoms with E-state index in [-0.39, 0.29) is 35.4 Å². The van der Waals surface area contributed by atoms with Gasteiger partial charge in [0, 0.05) is 23.0 Å². The Morgan fingerprint density at radius 3 is 2.67 bits per heavy atom. The van der Waals surface area contributed by atoms with Crippen LogP contribution in [0, 0.1) is 11.7 Å². The van der Waals surface area contributed by atoms with E-state index in [1.165, 1.54) is 17.0 Å². The Morgan fingerprint density at radius 2 is 2.14 bits per heavy atom. The maximum absolute atomic E-state index is 14.2. The molecule has 1 N–H and O–H groups in total. The molecule has 4 nitrogen and oxygen atoms in total. The van der Waals surface area contributed by atoms with Crippen molar-refractivity contribution in [3.05, 3.63) is 34.6 Å². The Bertz CT molecular complexity index is 576. The van der Waals surface area contributed by atoms with Gasteiger partial charge in [0.2, 0.25) is 5.91 Å². The van der Waals surface area contributed by atoms with Crippen molar-refractivity contribution in [1.29, 1.82) is 0 Å². The molecule has 0 spiro atoms. The van der Waals surface area contributed by atoms with E-state index in [9.17, 15) is 19.1 Å². The maximum Gasteiger partial charge on any atom is 0.308 e. The molecule has 1 aromatic carbocycles. The molecule has 1 aliphatic rings. The molecule has 0 radical (unpaired) electrons. The van der Waals surface area contributed by atoms with Gasteiger partial charge < -0.3 is 10.0 Å². The summed E-state index contributed by atoms with van der Waals surface area (Å²) in [5.74, 6) is -2.57. The van der Waals surface area contributed by atoms with Gasteiger partial charge in [-0.2, -0.15) is 0 Å². The van der Waals surface area contributed by atoms with Gasteiger partial charge in [-0.3, -0.25) is 9.59 Å². The van der Waals surface area contributed by atoms with Crippen LogP contribution in [0.4, 0.5) is 4.39 Å². The van der Waals surface area contributed by atoms with E-state index in [0.717, 1.165) is 6.07 Å². The number of benzene rings is 1. The fraction of sp³-hybridized carbons (Fsp3) is 0.467. The third kappa shape index (κ3) is 3.02. The summed E-state index contributed by atoms with van der Waals surface area (Å²) in [6.45, 7) is 3.59. The van der Waals surface area contributed by atoms with Gasteiger partial charge in [0.1, 0.15) is 5.82 Å². The molecule has 2 atom stereocenters. The molecule has 2 rings (SSSR count). The number of carboxylic acid groups (broad SMARTS) is 1. The molecule has 0 aliphatic carbocycles. The van der Waals surface area contributed by atoms with Crippen LogP contribution in [0.5, 0.6) is 0 Å². The number of carbonyl (C=O) groups excluding carboxylic acids is 1. The molecule has 21 heavy (non-hydrogen) atoms. The van der Waals surface area contributed by atoms with Gasteiger partial charge in [-0.1, -0.05) is 17.7 Å². The second-order valence-corrected chi connectivity index (χ2v) is 5.93. The molecule has 2 unspecified atom stereocenters. The van der Waals surface area contributed by atoms with E-state index in [1.54, 1.807) is 13.8 Å². The molecule has 6 heteroatoms. The number of carboxylic acids is 1. The highest BCUT2D eigenvalue weighted by molar-refractivity contribution is 6.30. The summed E-state index contributed by atoms with van der Waals surface area (Å²) in [5, 5.41) is 9.65. The van der Waals surface area contributed by atoms with Crippen molar-refractivity contribution in [2.45, 2.75) is 38.8 Å². The van der Waals surface area contributed by atoms with Crippen molar-refractivity contribution in [3.63, 3.8) is 0 Å². The molecule has 1 saturated heterocycles. The summed E-state index contributed by atoms with van der Waals surface area (Å²) in [5.41, 5.74) is 0.202. The summed E-state index contributed by atoms with van der Waals surface area (Å²) < 4.78 is 14.2. The van der Waals surface area contributed by atoms with Gasteiger partial charge in [0.05, 0.1) is 12.0 Å². The number of aliphatic carboxylic acids is 1. The Kier molecular flexibility index (Phi) is 4.52. The summed E-state index contributed by atoms with van der Waals surface area (Å²) in [6, 6.07) is 3.11. The zero-order valence-corrected chi connectivity index (χ0v) is 12.6. The van der Waals surface area contributed by atoms with E-state index in [0.29, 0.717) is 0 Å². The molecule has 1 amide bonds. The van der Waals surface area contributed by atoms with Crippen LogP contribution in [0.3, 0.4) is 0 Å². The van der Waals surface area contributed by atoms with E-state index in [1.807, 2.05) is 0 Å². The number of nitrogens with zero attached hydrogens (tertiary/aromatic N) is 1. The third-order valence-corrected chi connectivity index (χ3v) is 4.03. The fourth-order valence-electron chi connectivity index (χ4n) is 2.89. The molecule has 1 aliphatic heterocycles. The maximum atomic E-state index is 14.2. The van der Waals surface area contributed by atoms with Crippen LogP contribution in [-0.2, 0) is 9.59 Å². The zero-order chi connectivity index (χ0) is 15.7. The number of piperidine rings is 1. The fourth-order valence-corrected chi connectivity index (χ4v) is 3.05. The first-order valence-electron chi connectivity index (χ1n) is 6.82. The van der Waals surface area contributed by atoms with Gasteiger partial charge in [-0.25, -0.2) is 4.39 Å². The van der Waals surface area contributed by atoms with E-state index >= 15 is 0 Å². The standard InChI is InChI=1S/C15H17ClFNO3/c1-8(2)18-13(19)6-5-11(15(20)21)14(18)10-4-3-9(16)7-12(10)17/h3-4,7-8,11,14H,5-6H2,1-2H3,(H,20,21). The first kappa shape index (κ1) is 15.8. The molecule has 1 aromatic rings. The molecular formula is C15H17ClFNO3. The minimum absolute atomic E-state index is 0.151. The van der Waals surface area contributed by atoms with Crippen LogP contribution in [0.1, 0.15) is 38.3 Å². The topological polar surface area (TPSA) is 57.6 Å². The van der Waals surface area contributed by atoms with Gasteiger partial charge in [-0.05, 0) is 32.4 Å². The smallest absolute Gasteiger partial charge is 0.308 e. The van der Waals surface area contributed by atoms with Gasteiger partial charge in [-0.15, -0.1) is 0 Å². The zero-order valence-electron chi connectivity index (χ0n) is 11.8. The number of hydrogen-bond acceptors (Lipinski definition) is 2. The quantitative estimate of drug-likeness (QED) is 0.932. The molecule has 114 valence electrons. The van der Waals surface area contributed by atoms with E-state index in [2.05, 4.69) is 0 Å².